The highest BCUT2D eigenvalue weighted by atomic mass is 16.1. The first-order valence-electron chi connectivity index (χ1n) is 3.88. The van der Waals surface area contributed by atoms with E-state index >= 15 is 0 Å². The summed E-state index contributed by atoms with van der Waals surface area (Å²) in [6, 6.07) is 0. The third kappa shape index (κ3) is 0.967. The first kappa shape index (κ1) is 6.59. The Labute approximate surface area is 66.1 Å². The van der Waals surface area contributed by atoms with E-state index in [1.807, 2.05) is 6.08 Å². The molecule has 0 saturated carbocycles. The first-order chi connectivity index (χ1) is 5.27. The smallest absolute Gasteiger partial charge is 0.159 e. The van der Waals surface area contributed by atoms with Crippen molar-refractivity contribution in [1.29, 1.82) is 0 Å². The largest absolute Gasteiger partial charge is 0.294 e. The minimum atomic E-state index is 0.235. The molecule has 0 aliphatic heterocycles. The van der Waals surface area contributed by atoms with Crippen LogP contribution in [0.15, 0.2) is 35.5 Å². The molecular formula is C10H10O. The first-order valence-corrected chi connectivity index (χ1v) is 3.88. The lowest BCUT2D eigenvalue weighted by Gasteiger charge is -2.06. The van der Waals surface area contributed by atoms with Gasteiger partial charge in [-0.25, -0.2) is 0 Å². The second-order valence-corrected chi connectivity index (χ2v) is 3.10. The van der Waals surface area contributed by atoms with Gasteiger partial charge in [0.1, 0.15) is 0 Å². The van der Waals surface area contributed by atoms with Crippen molar-refractivity contribution in [3.8, 4) is 0 Å². The number of rotatable bonds is 0. The summed E-state index contributed by atoms with van der Waals surface area (Å²) in [6.45, 7) is 3.94. The lowest BCUT2D eigenvalue weighted by Crippen LogP contribution is -2.00. The molecule has 0 fully saturated rings. The van der Waals surface area contributed by atoms with Crippen LogP contribution < -0.4 is 0 Å². The highest BCUT2D eigenvalue weighted by molar-refractivity contribution is 5.94. The number of hydrogen-bond donors (Lipinski definition) is 0. The minimum absolute atomic E-state index is 0.235. The Balaban J connectivity index is 2.39. The van der Waals surface area contributed by atoms with Gasteiger partial charge in [-0.3, -0.25) is 4.79 Å². The summed E-state index contributed by atoms with van der Waals surface area (Å²) in [4.78, 5) is 11.0. The van der Waals surface area contributed by atoms with Crippen LogP contribution in [0.25, 0.3) is 0 Å². The van der Waals surface area contributed by atoms with E-state index < -0.39 is 0 Å². The normalized spacial score (nSPS) is 22.9. The lowest BCUT2D eigenvalue weighted by atomic mass is 9.98. The molecule has 1 heteroatoms. The Kier molecular flexibility index (Phi) is 1.31. The van der Waals surface area contributed by atoms with Gasteiger partial charge < -0.3 is 0 Å². The SMILES string of the molecule is C=C1CCC2=C1C=CC(=O)C2. The molecule has 0 unspecified atom stereocenters. The summed E-state index contributed by atoms with van der Waals surface area (Å²) in [5.41, 5.74) is 3.73. The van der Waals surface area contributed by atoms with Crippen molar-refractivity contribution in [2.24, 2.45) is 0 Å². The Morgan fingerprint density at radius 3 is 2.91 bits per heavy atom. The molecule has 0 bridgehead atoms. The van der Waals surface area contributed by atoms with E-state index in [1.165, 1.54) is 16.7 Å². The van der Waals surface area contributed by atoms with Gasteiger partial charge in [0.15, 0.2) is 5.78 Å². The van der Waals surface area contributed by atoms with Crippen LogP contribution in [0.4, 0.5) is 0 Å². The minimum Gasteiger partial charge on any atom is -0.294 e. The van der Waals surface area contributed by atoms with Gasteiger partial charge in [-0.05, 0) is 30.1 Å². The van der Waals surface area contributed by atoms with Gasteiger partial charge in [0.05, 0.1) is 0 Å². The Hall–Kier alpha value is -1.11. The maximum absolute atomic E-state index is 11.0. The summed E-state index contributed by atoms with van der Waals surface area (Å²) in [5.74, 6) is 0.235. The maximum atomic E-state index is 11.0. The fraction of sp³-hybridized carbons (Fsp3) is 0.300. The second kappa shape index (κ2) is 2.19. The van der Waals surface area contributed by atoms with Crippen molar-refractivity contribution in [3.63, 3.8) is 0 Å². The van der Waals surface area contributed by atoms with Gasteiger partial charge in [-0.1, -0.05) is 18.2 Å². The lowest BCUT2D eigenvalue weighted by molar-refractivity contribution is -0.114. The fourth-order valence-corrected chi connectivity index (χ4v) is 1.69. The summed E-state index contributed by atoms with van der Waals surface area (Å²) in [7, 11) is 0. The van der Waals surface area contributed by atoms with Crippen LogP contribution in [0, 0.1) is 0 Å². The number of hydrogen-bond acceptors (Lipinski definition) is 1. The summed E-state index contributed by atoms with van der Waals surface area (Å²) < 4.78 is 0. The van der Waals surface area contributed by atoms with Gasteiger partial charge in [-0.2, -0.15) is 0 Å². The average Bonchev–Trinajstić information content (AvgIpc) is 2.32. The monoisotopic (exact) mass is 146 g/mol. The van der Waals surface area contributed by atoms with E-state index in [-0.39, 0.29) is 5.78 Å². The molecule has 1 nitrogen and oxygen atoms in total. The number of ketones is 1. The van der Waals surface area contributed by atoms with Crippen LogP contribution in [0.5, 0.6) is 0 Å². The van der Waals surface area contributed by atoms with Crippen LogP contribution in [0.1, 0.15) is 19.3 Å². The molecule has 0 atom stereocenters. The molecule has 0 N–H and O–H groups in total. The van der Waals surface area contributed by atoms with Crippen molar-refractivity contribution in [1.82, 2.24) is 0 Å². The van der Waals surface area contributed by atoms with Crippen molar-refractivity contribution in [3.05, 3.63) is 35.5 Å². The Morgan fingerprint density at radius 1 is 1.27 bits per heavy atom. The molecule has 0 spiro atoms. The van der Waals surface area contributed by atoms with Crippen LogP contribution >= 0.6 is 0 Å². The standard InChI is InChI=1S/C10H10O/c1-7-2-3-8-6-9(11)4-5-10(7)8/h4-5H,1-3,6H2. The summed E-state index contributed by atoms with van der Waals surface area (Å²) in [6.07, 6.45) is 6.29. The molecule has 2 aliphatic carbocycles. The topological polar surface area (TPSA) is 17.1 Å². The highest BCUT2D eigenvalue weighted by Gasteiger charge is 2.20. The molecule has 0 aromatic rings. The Morgan fingerprint density at radius 2 is 2.09 bits per heavy atom. The van der Waals surface area contributed by atoms with Gasteiger partial charge >= 0.3 is 0 Å². The molecule has 0 heterocycles. The molecule has 0 aromatic heterocycles. The highest BCUT2D eigenvalue weighted by Crippen LogP contribution is 2.35. The van der Waals surface area contributed by atoms with Crippen LogP contribution in [-0.2, 0) is 4.79 Å². The Bertz CT molecular complexity index is 292. The van der Waals surface area contributed by atoms with E-state index in [0.29, 0.717) is 6.42 Å². The molecule has 2 aliphatic rings. The third-order valence-corrected chi connectivity index (χ3v) is 2.31. The van der Waals surface area contributed by atoms with Gasteiger partial charge in [-0.15, -0.1) is 0 Å². The zero-order valence-corrected chi connectivity index (χ0v) is 6.39. The van der Waals surface area contributed by atoms with Gasteiger partial charge in [0, 0.05) is 6.42 Å². The number of allylic oxidation sites excluding steroid dienone is 5. The molecular weight excluding hydrogens is 136 g/mol. The van der Waals surface area contributed by atoms with E-state index in [2.05, 4.69) is 6.58 Å². The van der Waals surface area contributed by atoms with Crippen molar-refractivity contribution >= 4 is 5.78 Å². The number of carbonyl (C=O) groups excluding carboxylic acids is 1. The third-order valence-electron chi connectivity index (χ3n) is 2.31. The zero-order chi connectivity index (χ0) is 7.84. The molecule has 0 aromatic carbocycles. The van der Waals surface area contributed by atoms with E-state index in [4.69, 9.17) is 0 Å². The van der Waals surface area contributed by atoms with Crippen molar-refractivity contribution in [2.45, 2.75) is 19.3 Å². The predicted molar refractivity (Wildman–Crippen MR) is 44.2 cm³/mol. The van der Waals surface area contributed by atoms with E-state index in [0.717, 1.165) is 12.8 Å². The van der Waals surface area contributed by atoms with Crippen molar-refractivity contribution < 1.29 is 4.79 Å². The van der Waals surface area contributed by atoms with Gasteiger partial charge in [0.2, 0.25) is 0 Å². The zero-order valence-electron chi connectivity index (χ0n) is 6.39. The summed E-state index contributed by atoms with van der Waals surface area (Å²) in [5, 5.41) is 0. The quantitative estimate of drug-likeness (QED) is 0.511. The van der Waals surface area contributed by atoms with Crippen LogP contribution in [0.3, 0.4) is 0 Å². The second-order valence-electron chi connectivity index (χ2n) is 3.10. The number of carbonyl (C=O) groups is 1. The van der Waals surface area contributed by atoms with Gasteiger partial charge in [0.25, 0.3) is 0 Å². The predicted octanol–water partition coefficient (Wildman–Crippen LogP) is 2.16. The average molecular weight is 146 g/mol. The molecule has 2 rings (SSSR count). The molecule has 0 radical (unpaired) electrons. The maximum Gasteiger partial charge on any atom is 0.159 e. The molecule has 56 valence electrons. The van der Waals surface area contributed by atoms with Crippen LogP contribution in [0.2, 0.25) is 0 Å². The van der Waals surface area contributed by atoms with E-state index in [9.17, 15) is 4.79 Å². The van der Waals surface area contributed by atoms with Crippen molar-refractivity contribution in [2.75, 3.05) is 0 Å². The molecule has 11 heavy (non-hydrogen) atoms. The molecule has 0 saturated heterocycles. The molecule has 0 amide bonds. The fourth-order valence-electron chi connectivity index (χ4n) is 1.69. The summed E-state index contributed by atoms with van der Waals surface area (Å²) >= 11 is 0. The van der Waals surface area contributed by atoms with E-state index in [1.54, 1.807) is 6.08 Å². The van der Waals surface area contributed by atoms with Crippen LogP contribution in [-0.4, -0.2) is 5.78 Å².